The van der Waals surface area contributed by atoms with Crippen molar-refractivity contribution in [3.05, 3.63) is 99.8 Å². The molecule has 4 rings (SSSR count). The Balaban J connectivity index is 1.45. The van der Waals surface area contributed by atoms with Gasteiger partial charge in [-0.15, -0.1) is 0 Å². The Morgan fingerprint density at radius 3 is 2.70 bits per heavy atom. The number of nitrogens with zero attached hydrogens (tertiary/aromatic N) is 2. The molecule has 0 saturated carbocycles. The number of hydrogen-bond acceptors (Lipinski definition) is 2. The molecule has 0 fully saturated rings. The van der Waals surface area contributed by atoms with Crippen LogP contribution in [0.3, 0.4) is 0 Å². The minimum atomic E-state index is -0.0513. The number of carbonyl (C=O) groups excluding carboxylic acids is 1. The Kier molecular flexibility index (Phi) is 6.29. The number of imidazole rings is 1. The van der Waals surface area contributed by atoms with Crippen molar-refractivity contribution in [1.29, 1.82) is 0 Å². The van der Waals surface area contributed by atoms with Gasteiger partial charge in [-0.1, -0.05) is 64.0 Å². The number of hydrogen-bond donors (Lipinski definition) is 1. The minimum absolute atomic E-state index is 0.0513. The molecule has 152 valence electrons. The van der Waals surface area contributed by atoms with Gasteiger partial charge in [0.2, 0.25) is 0 Å². The molecule has 0 aliphatic heterocycles. The van der Waals surface area contributed by atoms with Crippen LogP contribution in [-0.2, 0) is 13.0 Å². The number of benzene rings is 3. The van der Waals surface area contributed by atoms with Gasteiger partial charge in [-0.05, 0) is 49.2 Å². The molecule has 0 bridgehead atoms. The first-order chi connectivity index (χ1) is 14.6. The highest BCUT2D eigenvalue weighted by atomic mass is 79.9. The number of halogens is 1. The van der Waals surface area contributed by atoms with E-state index in [4.69, 9.17) is 4.98 Å². The number of nitrogens with one attached hydrogen (secondary N) is 1. The maximum Gasteiger partial charge on any atom is 0.251 e. The molecule has 0 spiro atoms. The molecular weight excluding hydrogens is 438 g/mol. The number of rotatable bonds is 7. The molecule has 4 nitrogen and oxygen atoms in total. The van der Waals surface area contributed by atoms with Crippen LogP contribution in [0.4, 0.5) is 0 Å². The van der Waals surface area contributed by atoms with E-state index in [0.717, 1.165) is 40.7 Å². The van der Waals surface area contributed by atoms with Crippen LogP contribution in [0.5, 0.6) is 0 Å². The van der Waals surface area contributed by atoms with Gasteiger partial charge < -0.3 is 9.88 Å². The predicted octanol–water partition coefficient (Wildman–Crippen LogP) is 5.52. The lowest BCUT2D eigenvalue weighted by Gasteiger charge is -2.11. The molecule has 5 heteroatoms. The molecular formula is C25H24BrN3O. The lowest BCUT2D eigenvalue weighted by molar-refractivity contribution is 0.0953. The second kappa shape index (κ2) is 9.26. The summed E-state index contributed by atoms with van der Waals surface area (Å²) in [6.07, 6.45) is 1.64. The second-order valence-corrected chi connectivity index (χ2v) is 8.38. The molecule has 0 unspecified atom stereocenters. The van der Waals surface area contributed by atoms with Gasteiger partial charge in [-0.25, -0.2) is 4.98 Å². The molecule has 1 amide bonds. The lowest BCUT2D eigenvalue weighted by atomic mass is 10.1. The van der Waals surface area contributed by atoms with Crippen LogP contribution in [-0.4, -0.2) is 22.0 Å². The molecule has 0 aliphatic carbocycles. The average Bonchev–Trinajstić information content (AvgIpc) is 3.08. The number of aryl methyl sites for hydroxylation is 2. The van der Waals surface area contributed by atoms with Crippen molar-refractivity contribution >= 4 is 32.9 Å². The zero-order valence-corrected chi connectivity index (χ0v) is 18.5. The minimum Gasteiger partial charge on any atom is -0.352 e. The summed E-state index contributed by atoms with van der Waals surface area (Å²) in [5.41, 5.74) is 5.35. The molecule has 4 aromatic rings. The van der Waals surface area contributed by atoms with E-state index in [9.17, 15) is 4.79 Å². The van der Waals surface area contributed by atoms with Crippen molar-refractivity contribution in [3.63, 3.8) is 0 Å². The fraction of sp³-hybridized carbons (Fsp3) is 0.200. The van der Waals surface area contributed by atoms with Crippen LogP contribution in [0, 0.1) is 6.92 Å². The largest absolute Gasteiger partial charge is 0.352 e. The number of carbonyl (C=O) groups is 1. The molecule has 1 N–H and O–H groups in total. The molecule has 3 aromatic carbocycles. The Bertz CT molecular complexity index is 1180. The third-order valence-electron chi connectivity index (χ3n) is 5.11. The second-order valence-electron chi connectivity index (χ2n) is 7.46. The fourth-order valence-electron chi connectivity index (χ4n) is 3.67. The summed E-state index contributed by atoms with van der Waals surface area (Å²) in [5.74, 6) is 0.999. The van der Waals surface area contributed by atoms with E-state index in [-0.39, 0.29) is 5.91 Å². The highest BCUT2D eigenvalue weighted by Gasteiger charge is 2.11. The number of para-hydroxylation sites is 2. The highest BCUT2D eigenvalue weighted by Crippen LogP contribution is 2.19. The van der Waals surface area contributed by atoms with E-state index in [1.54, 1.807) is 0 Å². The van der Waals surface area contributed by atoms with Crippen molar-refractivity contribution < 1.29 is 4.79 Å². The van der Waals surface area contributed by atoms with Crippen LogP contribution in [0.2, 0.25) is 0 Å². The highest BCUT2D eigenvalue weighted by molar-refractivity contribution is 9.10. The van der Waals surface area contributed by atoms with Crippen LogP contribution in [0.1, 0.15) is 33.7 Å². The summed E-state index contributed by atoms with van der Waals surface area (Å²) in [6, 6.07) is 24.3. The Labute approximate surface area is 185 Å². The van der Waals surface area contributed by atoms with Gasteiger partial charge in [-0.2, -0.15) is 0 Å². The maximum atomic E-state index is 12.3. The summed E-state index contributed by atoms with van der Waals surface area (Å²) in [7, 11) is 0. The first-order valence-electron chi connectivity index (χ1n) is 10.1. The normalized spacial score (nSPS) is 11.0. The maximum absolute atomic E-state index is 12.3. The molecule has 0 atom stereocenters. The average molecular weight is 462 g/mol. The first kappa shape index (κ1) is 20.4. The number of fused-ring (bicyclic) bond motifs is 1. The van der Waals surface area contributed by atoms with Crippen molar-refractivity contribution in [1.82, 2.24) is 14.9 Å². The standard InChI is InChI=1S/C25H24BrN3O/c1-18-7-4-8-19(15-18)17-29-23-12-3-2-11-22(23)28-24(29)13-6-14-27-25(30)20-9-5-10-21(26)16-20/h2-5,7-12,15-16H,6,13-14,17H2,1H3,(H,27,30). The Hall–Kier alpha value is -2.92. The van der Waals surface area contributed by atoms with Crippen LogP contribution < -0.4 is 5.32 Å². The third kappa shape index (κ3) is 4.79. The fourth-order valence-corrected chi connectivity index (χ4v) is 4.07. The van der Waals surface area contributed by atoms with Crippen molar-refractivity contribution in [2.45, 2.75) is 26.3 Å². The van der Waals surface area contributed by atoms with E-state index < -0.39 is 0 Å². The van der Waals surface area contributed by atoms with E-state index in [2.05, 4.69) is 75.2 Å². The molecule has 30 heavy (non-hydrogen) atoms. The summed E-state index contributed by atoms with van der Waals surface area (Å²) in [6.45, 7) is 3.52. The zero-order valence-electron chi connectivity index (χ0n) is 16.9. The molecule has 1 heterocycles. The van der Waals surface area contributed by atoms with Crippen molar-refractivity contribution in [2.75, 3.05) is 6.54 Å². The van der Waals surface area contributed by atoms with Crippen molar-refractivity contribution in [2.24, 2.45) is 0 Å². The quantitative estimate of drug-likeness (QED) is 0.368. The third-order valence-corrected chi connectivity index (χ3v) is 5.60. The monoisotopic (exact) mass is 461 g/mol. The SMILES string of the molecule is Cc1cccc(Cn2c(CCCNC(=O)c3cccc(Br)c3)nc3ccccc32)c1. The number of aromatic nitrogens is 2. The number of amides is 1. The smallest absolute Gasteiger partial charge is 0.251 e. The first-order valence-corrected chi connectivity index (χ1v) is 10.9. The van der Waals surface area contributed by atoms with Gasteiger partial charge in [0.1, 0.15) is 5.82 Å². The predicted molar refractivity (Wildman–Crippen MR) is 125 cm³/mol. The molecule has 0 radical (unpaired) electrons. The van der Waals surface area contributed by atoms with Crippen molar-refractivity contribution in [3.8, 4) is 0 Å². The topological polar surface area (TPSA) is 46.9 Å². The lowest BCUT2D eigenvalue weighted by Crippen LogP contribution is -2.25. The summed E-state index contributed by atoms with van der Waals surface area (Å²) < 4.78 is 3.19. The van der Waals surface area contributed by atoms with Gasteiger partial charge >= 0.3 is 0 Å². The molecule has 0 aliphatic rings. The Morgan fingerprint density at radius 2 is 1.87 bits per heavy atom. The van der Waals surface area contributed by atoms with Gasteiger partial charge in [0.05, 0.1) is 11.0 Å². The van der Waals surface area contributed by atoms with Gasteiger partial charge in [0.25, 0.3) is 5.91 Å². The summed E-state index contributed by atoms with van der Waals surface area (Å²) in [5, 5.41) is 3.01. The summed E-state index contributed by atoms with van der Waals surface area (Å²) in [4.78, 5) is 17.2. The van der Waals surface area contributed by atoms with Crippen LogP contribution >= 0.6 is 15.9 Å². The summed E-state index contributed by atoms with van der Waals surface area (Å²) >= 11 is 3.41. The van der Waals surface area contributed by atoms with Gasteiger partial charge in [0, 0.05) is 29.5 Å². The van der Waals surface area contributed by atoms with E-state index >= 15 is 0 Å². The Morgan fingerprint density at radius 1 is 1.03 bits per heavy atom. The molecule has 1 aromatic heterocycles. The van der Waals surface area contributed by atoms with Crippen LogP contribution in [0.25, 0.3) is 11.0 Å². The zero-order chi connectivity index (χ0) is 20.9. The molecule has 0 saturated heterocycles. The van der Waals surface area contributed by atoms with Gasteiger partial charge in [0.15, 0.2) is 0 Å². The van der Waals surface area contributed by atoms with Crippen LogP contribution in [0.15, 0.2) is 77.3 Å². The van der Waals surface area contributed by atoms with Gasteiger partial charge in [-0.3, -0.25) is 4.79 Å². The van der Waals surface area contributed by atoms with E-state index in [1.807, 2.05) is 30.3 Å². The van der Waals surface area contributed by atoms with E-state index in [1.165, 1.54) is 11.1 Å². The van der Waals surface area contributed by atoms with E-state index in [0.29, 0.717) is 12.1 Å².